The van der Waals surface area contributed by atoms with Crippen LogP contribution in [0.4, 0.5) is 0 Å². The first-order valence-electron chi connectivity index (χ1n) is 4.34. The van der Waals surface area contributed by atoms with Crippen LogP contribution in [-0.2, 0) is 4.79 Å². The van der Waals surface area contributed by atoms with Crippen LogP contribution in [0, 0.1) is 11.3 Å². The van der Waals surface area contributed by atoms with Crippen LogP contribution in [0.25, 0.3) is 6.08 Å². The lowest BCUT2D eigenvalue weighted by molar-refractivity contribution is -0.114. The van der Waals surface area contributed by atoms with Gasteiger partial charge in [0, 0.05) is 12.6 Å². The third kappa shape index (κ3) is 2.53. The van der Waals surface area contributed by atoms with E-state index in [-0.39, 0.29) is 11.4 Å². The Morgan fingerprint density at radius 3 is 2.93 bits per heavy atom. The van der Waals surface area contributed by atoms with Gasteiger partial charge in [-0.1, -0.05) is 13.0 Å². The molecule has 0 aromatic carbocycles. The molecule has 1 rings (SSSR count). The van der Waals surface area contributed by atoms with Crippen LogP contribution in [0.5, 0.6) is 0 Å². The van der Waals surface area contributed by atoms with E-state index in [9.17, 15) is 4.79 Å². The van der Waals surface area contributed by atoms with Crippen molar-refractivity contribution in [2.45, 2.75) is 13.3 Å². The fourth-order valence-corrected chi connectivity index (χ4v) is 0.975. The van der Waals surface area contributed by atoms with E-state index in [1.54, 1.807) is 25.3 Å². The Kier molecular flexibility index (Phi) is 3.57. The first-order chi connectivity index (χ1) is 6.77. The zero-order valence-corrected chi connectivity index (χ0v) is 7.90. The summed E-state index contributed by atoms with van der Waals surface area (Å²) in [5.74, 6) is -0.154. The molecule has 3 nitrogen and oxygen atoms in total. The van der Waals surface area contributed by atoms with E-state index >= 15 is 0 Å². The zero-order chi connectivity index (χ0) is 10.4. The molecule has 1 aromatic heterocycles. The fraction of sp³-hybridized carbons (Fsp3) is 0.182. The van der Waals surface area contributed by atoms with Crippen molar-refractivity contribution in [3.63, 3.8) is 0 Å². The predicted molar refractivity (Wildman–Crippen MR) is 53.1 cm³/mol. The highest BCUT2D eigenvalue weighted by molar-refractivity contribution is 6.02. The minimum Gasteiger partial charge on any atom is -0.293 e. The minimum atomic E-state index is -0.154. The average Bonchev–Trinajstić information content (AvgIpc) is 2.26. The number of rotatable bonds is 3. The molecule has 1 heterocycles. The lowest BCUT2D eigenvalue weighted by Gasteiger charge is -1.94. The molecule has 1 aromatic rings. The number of ketones is 1. The summed E-state index contributed by atoms with van der Waals surface area (Å²) < 4.78 is 0. The van der Waals surface area contributed by atoms with Crippen LogP contribution < -0.4 is 0 Å². The molecule has 0 spiro atoms. The Hall–Kier alpha value is -1.95. The molecule has 0 fully saturated rings. The van der Waals surface area contributed by atoms with Gasteiger partial charge in [-0.05, 0) is 18.2 Å². The maximum absolute atomic E-state index is 11.2. The molecular weight excluding hydrogens is 176 g/mol. The Bertz CT molecular complexity index is 387. The van der Waals surface area contributed by atoms with Crippen LogP contribution in [0.15, 0.2) is 30.0 Å². The standard InChI is InChI=1S/C11H10N2O/c1-2-11(14)9(8-12)7-10-5-3-4-6-13-10/h3-7H,2H2,1H3/b9-7+. The molecule has 14 heavy (non-hydrogen) atoms. The molecule has 0 aliphatic heterocycles. The first kappa shape index (κ1) is 10.1. The van der Waals surface area contributed by atoms with Crippen molar-refractivity contribution in [2.75, 3.05) is 0 Å². The second kappa shape index (κ2) is 4.93. The molecule has 0 aliphatic carbocycles. The van der Waals surface area contributed by atoms with Gasteiger partial charge in [-0.2, -0.15) is 5.26 Å². The highest BCUT2D eigenvalue weighted by Crippen LogP contribution is 2.05. The van der Waals surface area contributed by atoms with Gasteiger partial charge in [-0.25, -0.2) is 0 Å². The monoisotopic (exact) mass is 186 g/mol. The number of allylic oxidation sites excluding steroid dienone is 1. The molecule has 0 atom stereocenters. The van der Waals surface area contributed by atoms with Crippen molar-refractivity contribution < 1.29 is 4.79 Å². The van der Waals surface area contributed by atoms with E-state index in [1.807, 2.05) is 12.1 Å². The van der Waals surface area contributed by atoms with E-state index in [1.165, 1.54) is 6.08 Å². The molecule has 0 bridgehead atoms. The van der Waals surface area contributed by atoms with Crippen molar-refractivity contribution in [3.05, 3.63) is 35.7 Å². The number of carbonyl (C=O) groups is 1. The van der Waals surface area contributed by atoms with Crippen molar-refractivity contribution in [3.8, 4) is 6.07 Å². The lowest BCUT2D eigenvalue weighted by atomic mass is 10.1. The summed E-state index contributed by atoms with van der Waals surface area (Å²) in [6.45, 7) is 1.73. The number of hydrogen-bond donors (Lipinski definition) is 0. The number of nitriles is 1. The van der Waals surface area contributed by atoms with Crippen LogP contribution in [0.3, 0.4) is 0 Å². The SMILES string of the molecule is CCC(=O)/C(C#N)=C/c1ccccn1. The summed E-state index contributed by atoms with van der Waals surface area (Å²) in [6, 6.07) is 7.22. The van der Waals surface area contributed by atoms with Crippen LogP contribution >= 0.6 is 0 Å². The number of nitrogens with zero attached hydrogens (tertiary/aromatic N) is 2. The topological polar surface area (TPSA) is 53.8 Å². The van der Waals surface area contributed by atoms with Gasteiger partial charge in [-0.3, -0.25) is 9.78 Å². The van der Waals surface area contributed by atoms with Crippen LogP contribution in [0.1, 0.15) is 19.0 Å². The summed E-state index contributed by atoms with van der Waals surface area (Å²) in [4.78, 5) is 15.2. The quantitative estimate of drug-likeness (QED) is 0.535. The third-order valence-electron chi connectivity index (χ3n) is 1.72. The Morgan fingerprint density at radius 1 is 1.64 bits per heavy atom. The smallest absolute Gasteiger partial charge is 0.173 e. The highest BCUT2D eigenvalue weighted by atomic mass is 16.1. The molecule has 0 unspecified atom stereocenters. The van der Waals surface area contributed by atoms with Crippen LogP contribution in [-0.4, -0.2) is 10.8 Å². The number of Topliss-reactive ketones (excluding diaryl/α,β-unsaturated/α-hetero) is 1. The largest absolute Gasteiger partial charge is 0.293 e. The van der Waals surface area contributed by atoms with Gasteiger partial charge in [-0.15, -0.1) is 0 Å². The normalized spacial score (nSPS) is 10.7. The average molecular weight is 186 g/mol. The second-order valence-electron chi connectivity index (χ2n) is 2.70. The summed E-state index contributed by atoms with van der Waals surface area (Å²) in [5.41, 5.74) is 0.789. The van der Waals surface area contributed by atoms with Gasteiger partial charge >= 0.3 is 0 Å². The van der Waals surface area contributed by atoms with Gasteiger partial charge in [0.25, 0.3) is 0 Å². The Balaban J connectivity index is 2.97. The van der Waals surface area contributed by atoms with Crippen molar-refractivity contribution in [2.24, 2.45) is 0 Å². The summed E-state index contributed by atoms with van der Waals surface area (Å²) >= 11 is 0. The summed E-state index contributed by atoms with van der Waals surface area (Å²) in [6.07, 6.45) is 3.47. The van der Waals surface area contributed by atoms with Gasteiger partial charge in [0.05, 0.1) is 11.3 Å². The third-order valence-corrected chi connectivity index (χ3v) is 1.72. The van der Waals surface area contributed by atoms with Gasteiger partial charge in [0.2, 0.25) is 0 Å². The van der Waals surface area contributed by atoms with Crippen molar-refractivity contribution >= 4 is 11.9 Å². The zero-order valence-electron chi connectivity index (χ0n) is 7.90. The molecule has 3 heteroatoms. The van der Waals surface area contributed by atoms with E-state index in [4.69, 9.17) is 5.26 Å². The molecule has 0 saturated carbocycles. The first-order valence-corrected chi connectivity index (χ1v) is 4.34. The van der Waals surface area contributed by atoms with E-state index < -0.39 is 0 Å². The maximum Gasteiger partial charge on any atom is 0.173 e. The second-order valence-corrected chi connectivity index (χ2v) is 2.70. The van der Waals surface area contributed by atoms with Gasteiger partial charge in [0.15, 0.2) is 5.78 Å². The lowest BCUT2D eigenvalue weighted by Crippen LogP contribution is -1.98. The van der Waals surface area contributed by atoms with E-state index in [0.29, 0.717) is 12.1 Å². The molecule has 0 saturated heterocycles. The molecule has 0 N–H and O–H groups in total. The molecule has 0 radical (unpaired) electrons. The van der Waals surface area contributed by atoms with Crippen LogP contribution in [0.2, 0.25) is 0 Å². The minimum absolute atomic E-state index is 0.154. The predicted octanol–water partition coefficient (Wildman–Crippen LogP) is 1.97. The van der Waals surface area contributed by atoms with Gasteiger partial charge in [0.1, 0.15) is 6.07 Å². The van der Waals surface area contributed by atoms with Gasteiger partial charge < -0.3 is 0 Å². The maximum atomic E-state index is 11.2. The number of aromatic nitrogens is 1. The molecule has 0 amide bonds. The Morgan fingerprint density at radius 2 is 2.43 bits per heavy atom. The number of hydrogen-bond acceptors (Lipinski definition) is 3. The van der Waals surface area contributed by atoms with Crippen molar-refractivity contribution in [1.29, 1.82) is 5.26 Å². The van der Waals surface area contributed by atoms with Crippen molar-refractivity contribution in [1.82, 2.24) is 4.98 Å². The summed E-state index contributed by atoms with van der Waals surface area (Å²) in [5, 5.41) is 8.72. The molecule has 0 aliphatic rings. The van der Waals surface area contributed by atoms with E-state index in [0.717, 1.165) is 0 Å². The molecular formula is C11H10N2O. The fourth-order valence-electron chi connectivity index (χ4n) is 0.975. The number of carbonyl (C=O) groups excluding carboxylic acids is 1. The highest BCUT2D eigenvalue weighted by Gasteiger charge is 2.05. The number of pyridine rings is 1. The summed E-state index contributed by atoms with van der Waals surface area (Å²) in [7, 11) is 0. The van der Waals surface area contributed by atoms with E-state index in [2.05, 4.69) is 4.98 Å². The molecule has 70 valence electrons. The Labute approximate surface area is 82.7 Å².